The Bertz CT molecular complexity index is 153. The number of carbonyl (C=O) groups excluding carboxylic acids is 1. The summed E-state index contributed by atoms with van der Waals surface area (Å²) >= 11 is 3.28. The van der Waals surface area contributed by atoms with Gasteiger partial charge in [0.2, 0.25) is 5.91 Å². The highest BCUT2D eigenvalue weighted by Gasteiger charge is 2.08. The third-order valence-electron chi connectivity index (χ3n) is 2.05. The van der Waals surface area contributed by atoms with Gasteiger partial charge in [-0.3, -0.25) is 4.79 Å². The minimum absolute atomic E-state index is 0.124. The van der Waals surface area contributed by atoms with Gasteiger partial charge in [-0.15, -0.1) is 0 Å². The summed E-state index contributed by atoms with van der Waals surface area (Å²) in [6.07, 6.45) is 1.78. The van der Waals surface area contributed by atoms with Gasteiger partial charge in [0.15, 0.2) is 0 Å². The van der Waals surface area contributed by atoms with Crippen molar-refractivity contribution in [3.63, 3.8) is 0 Å². The molecule has 0 rings (SSSR count). The second-order valence-electron chi connectivity index (χ2n) is 3.26. The zero-order valence-corrected chi connectivity index (χ0v) is 10.6. The monoisotopic (exact) mass is 265 g/mol. The zero-order chi connectivity index (χ0) is 10.8. The predicted molar refractivity (Wildman–Crippen MR) is 61.7 cm³/mol. The van der Waals surface area contributed by atoms with Crippen molar-refractivity contribution >= 4 is 21.8 Å². The zero-order valence-electron chi connectivity index (χ0n) is 9.01. The molecule has 0 aromatic heterocycles. The molecule has 14 heavy (non-hydrogen) atoms. The summed E-state index contributed by atoms with van der Waals surface area (Å²) in [6, 6.07) is 0. The van der Waals surface area contributed by atoms with Crippen LogP contribution in [0.1, 0.15) is 26.7 Å². The van der Waals surface area contributed by atoms with Crippen molar-refractivity contribution < 1.29 is 9.53 Å². The first-order valence-electron chi connectivity index (χ1n) is 5.13. The van der Waals surface area contributed by atoms with Crippen molar-refractivity contribution in [1.82, 2.24) is 5.32 Å². The molecule has 0 aromatic rings. The van der Waals surface area contributed by atoms with E-state index in [1.165, 1.54) is 0 Å². The van der Waals surface area contributed by atoms with Gasteiger partial charge in [-0.25, -0.2) is 0 Å². The molecule has 4 heteroatoms. The highest BCUT2D eigenvalue weighted by molar-refractivity contribution is 9.09. The van der Waals surface area contributed by atoms with Crippen LogP contribution in [0.4, 0.5) is 0 Å². The first-order chi connectivity index (χ1) is 6.72. The fraction of sp³-hybridized carbons (Fsp3) is 0.900. The van der Waals surface area contributed by atoms with Crippen molar-refractivity contribution in [3.8, 4) is 0 Å². The van der Waals surface area contributed by atoms with Crippen LogP contribution < -0.4 is 5.32 Å². The molecular formula is C10H20BrNO2. The van der Waals surface area contributed by atoms with Gasteiger partial charge in [0.1, 0.15) is 0 Å². The minimum Gasteiger partial charge on any atom is -0.381 e. The minimum atomic E-state index is 0.124. The lowest BCUT2D eigenvalue weighted by molar-refractivity contribution is -0.124. The average Bonchev–Trinajstić information content (AvgIpc) is 2.21. The Morgan fingerprint density at radius 2 is 2.21 bits per heavy atom. The van der Waals surface area contributed by atoms with E-state index < -0.39 is 0 Å². The Labute approximate surface area is 94.7 Å². The standard InChI is InChI=1S/C10H20BrNO2/c1-3-9(2)10(13)12-6-4-7-14-8-5-11/h9H,3-8H2,1-2H3,(H,12,13). The SMILES string of the molecule is CCC(C)C(=O)NCCCOCCBr. The molecule has 0 fully saturated rings. The highest BCUT2D eigenvalue weighted by Crippen LogP contribution is 1.99. The second kappa shape index (κ2) is 9.46. The van der Waals surface area contributed by atoms with Crippen LogP contribution in [-0.2, 0) is 9.53 Å². The van der Waals surface area contributed by atoms with E-state index in [-0.39, 0.29) is 11.8 Å². The summed E-state index contributed by atoms with van der Waals surface area (Å²) in [5.41, 5.74) is 0. The third kappa shape index (κ3) is 7.33. The normalized spacial score (nSPS) is 12.5. The van der Waals surface area contributed by atoms with E-state index in [1.54, 1.807) is 0 Å². The van der Waals surface area contributed by atoms with E-state index in [1.807, 2.05) is 13.8 Å². The molecule has 0 bridgehead atoms. The van der Waals surface area contributed by atoms with Crippen molar-refractivity contribution in [1.29, 1.82) is 0 Å². The molecule has 1 N–H and O–H groups in total. The molecule has 0 spiro atoms. The van der Waals surface area contributed by atoms with E-state index >= 15 is 0 Å². The van der Waals surface area contributed by atoms with Gasteiger partial charge < -0.3 is 10.1 Å². The summed E-state index contributed by atoms with van der Waals surface area (Å²) in [7, 11) is 0. The molecule has 0 aromatic carbocycles. The maximum absolute atomic E-state index is 11.3. The molecule has 1 amide bonds. The van der Waals surface area contributed by atoms with Crippen LogP contribution in [0.2, 0.25) is 0 Å². The molecule has 1 unspecified atom stereocenters. The van der Waals surface area contributed by atoms with Crippen LogP contribution in [0.5, 0.6) is 0 Å². The lowest BCUT2D eigenvalue weighted by Gasteiger charge is -2.09. The number of amides is 1. The van der Waals surface area contributed by atoms with Crippen LogP contribution >= 0.6 is 15.9 Å². The number of carbonyl (C=O) groups is 1. The van der Waals surface area contributed by atoms with Gasteiger partial charge in [-0.05, 0) is 12.8 Å². The number of hydrogen-bond donors (Lipinski definition) is 1. The van der Waals surface area contributed by atoms with Gasteiger partial charge in [-0.1, -0.05) is 29.8 Å². The molecule has 84 valence electrons. The molecule has 0 radical (unpaired) electrons. The summed E-state index contributed by atoms with van der Waals surface area (Å²) in [6.45, 7) is 6.12. The molecule has 0 saturated carbocycles. The summed E-state index contributed by atoms with van der Waals surface area (Å²) in [5.74, 6) is 0.270. The Kier molecular flexibility index (Phi) is 9.40. The quantitative estimate of drug-likeness (QED) is 0.538. The topological polar surface area (TPSA) is 38.3 Å². The van der Waals surface area contributed by atoms with Gasteiger partial charge in [0.25, 0.3) is 0 Å². The molecule has 0 heterocycles. The molecular weight excluding hydrogens is 246 g/mol. The van der Waals surface area contributed by atoms with E-state index in [0.29, 0.717) is 13.2 Å². The van der Waals surface area contributed by atoms with E-state index in [9.17, 15) is 4.79 Å². The fourth-order valence-corrected chi connectivity index (χ4v) is 1.13. The highest BCUT2D eigenvalue weighted by atomic mass is 79.9. The number of rotatable bonds is 8. The van der Waals surface area contributed by atoms with E-state index in [2.05, 4.69) is 21.2 Å². The van der Waals surface area contributed by atoms with Crippen LogP contribution in [0.25, 0.3) is 0 Å². The number of alkyl halides is 1. The second-order valence-corrected chi connectivity index (χ2v) is 4.05. The number of halogens is 1. The number of hydrogen-bond acceptors (Lipinski definition) is 2. The molecule has 1 atom stereocenters. The van der Waals surface area contributed by atoms with Gasteiger partial charge in [0, 0.05) is 24.4 Å². The average molecular weight is 266 g/mol. The smallest absolute Gasteiger partial charge is 0.222 e. The Morgan fingerprint density at radius 3 is 2.79 bits per heavy atom. The van der Waals surface area contributed by atoms with Crippen LogP contribution in [0.15, 0.2) is 0 Å². The third-order valence-corrected chi connectivity index (χ3v) is 2.37. The Morgan fingerprint density at radius 1 is 1.50 bits per heavy atom. The van der Waals surface area contributed by atoms with Crippen LogP contribution in [-0.4, -0.2) is 31.0 Å². The maximum atomic E-state index is 11.3. The van der Waals surface area contributed by atoms with Crippen molar-refractivity contribution in [2.45, 2.75) is 26.7 Å². The Balaban J connectivity index is 3.23. The van der Waals surface area contributed by atoms with Gasteiger partial charge in [-0.2, -0.15) is 0 Å². The lowest BCUT2D eigenvalue weighted by atomic mass is 10.1. The van der Waals surface area contributed by atoms with Gasteiger partial charge in [0.05, 0.1) is 6.61 Å². The summed E-state index contributed by atoms with van der Waals surface area (Å²) in [4.78, 5) is 11.3. The molecule has 3 nitrogen and oxygen atoms in total. The Hall–Kier alpha value is -0.0900. The number of nitrogens with one attached hydrogen (secondary N) is 1. The first kappa shape index (κ1) is 13.9. The molecule has 0 saturated heterocycles. The van der Waals surface area contributed by atoms with E-state index in [4.69, 9.17) is 4.74 Å². The van der Waals surface area contributed by atoms with Crippen molar-refractivity contribution in [3.05, 3.63) is 0 Å². The largest absolute Gasteiger partial charge is 0.381 e. The maximum Gasteiger partial charge on any atom is 0.222 e. The summed E-state index contributed by atoms with van der Waals surface area (Å²) < 4.78 is 5.25. The predicted octanol–water partition coefficient (Wildman–Crippen LogP) is 1.95. The van der Waals surface area contributed by atoms with E-state index in [0.717, 1.165) is 24.8 Å². The molecule has 0 aliphatic rings. The number of ether oxygens (including phenoxy) is 1. The van der Waals surface area contributed by atoms with Crippen molar-refractivity contribution in [2.24, 2.45) is 5.92 Å². The first-order valence-corrected chi connectivity index (χ1v) is 6.26. The summed E-state index contributed by atoms with van der Waals surface area (Å²) in [5, 5.41) is 3.75. The molecule has 0 aliphatic carbocycles. The fourth-order valence-electron chi connectivity index (χ4n) is 0.902. The lowest BCUT2D eigenvalue weighted by Crippen LogP contribution is -2.30. The molecule has 0 aliphatic heterocycles. The van der Waals surface area contributed by atoms with Crippen molar-refractivity contribution in [2.75, 3.05) is 25.1 Å². The van der Waals surface area contributed by atoms with Crippen LogP contribution in [0, 0.1) is 5.92 Å². The van der Waals surface area contributed by atoms with Crippen LogP contribution in [0.3, 0.4) is 0 Å². The van der Waals surface area contributed by atoms with Gasteiger partial charge >= 0.3 is 0 Å².